The number of anilines is 2. The fraction of sp³-hybridized carbons (Fsp3) is 0.600. The number of pyridine rings is 1. The highest BCUT2D eigenvalue weighted by Crippen LogP contribution is 2.25. The summed E-state index contributed by atoms with van der Waals surface area (Å²) in [6, 6.07) is 4.30. The highest BCUT2D eigenvalue weighted by Gasteiger charge is 2.16. The number of hydrogen-bond acceptors (Lipinski definition) is 4. The van der Waals surface area contributed by atoms with Crippen LogP contribution in [-0.2, 0) is 0 Å². The number of aromatic nitrogens is 1. The Morgan fingerprint density at radius 2 is 1.58 bits per heavy atom. The summed E-state index contributed by atoms with van der Waals surface area (Å²) < 4.78 is 0. The van der Waals surface area contributed by atoms with E-state index in [1.165, 1.54) is 0 Å². The number of rotatable bonds is 6. The Hall–Kier alpha value is -1.76. The van der Waals surface area contributed by atoms with Gasteiger partial charge in [-0.05, 0) is 46.2 Å². The number of aryl methyl sites for hydroxylation is 1. The molecule has 1 rings (SSSR count). The molecule has 4 nitrogen and oxygen atoms in total. The predicted octanol–water partition coefficient (Wildman–Crippen LogP) is 2.95. The number of hydrogen-bond donors (Lipinski definition) is 0. The third kappa shape index (κ3) is 3.17. The Bertz CT molecular complexity index is 454. The van der Waals surface area contributed by atoms with Crippen LogP contribution in [0.5, 0.6) is 0 Å². The molecule has 19 heavy (non-hydrogen) atoms. The summed E-state index contributed by atoms with van der Waals surface area (Å²) >= 11 is 0. The third-order valence-corrected chi connectivity index (χ3v) is 3.45. The molecule has 0 spiro atoms. The van der Waals surface area contributed by atoms with Crippen molar-refractivity contribution in [1.29, 1.82) is 5.26 Å². The van der Waals surface area contributed by atoms with Crippen LogP contribution in [0.3, 0.4) is 0 Å². The van der Waals surface area contributed by atoms with Crippen molar-refractivity contribution in [2.75, 3.05) is 36.0 Å². The van der Waals surface area contributed by atoms with Gasteiger partial charge in [0.25, 0.3) is 0 Å². The van der Waals surface area contributed by atoms with Crippen LogP contribution >= 0.6 is 0 Å². The van der Waals surface area contributed by atoms with E-state index < -0.39 is 0 Å². The standard InChI is InChI=1S/C15H24N4/c1-6-18(7-2)14-10-12(5)13(11-16)15(17-14)19(8-3)9-4/h10H,6-9H2,1-5H3. The maximum Gasteiger partial charge on any atom is 0.149 e. The van der Waals surface area contributed by atoms with E-state index in [0.29, 0.717) is 5.56 Å². The van der Waals surface area contributed by atoms with Crippen molar-refractivity contribution in [2.45, 2.75) is 34.6 Å². The second-order valence-electron chi connectivity index (χ2n) is 4.45. The Balaban J connectivity index is 3.38. The predicted molar refractivity (Wildman–Crippen MR) is 80.8 cm³/mol. The minimum Gasteiger partial charge on any atom is -0.357 e. The zero-order chi connectivity index (χ0) is 14.4. The van der Waals surface area contributed by atoms with Gasteiger partial charge in [0.15, 0.2) is 0 Å². The Labute approximate surface area is 116 Å². The van der Waals surface area contributed by atoms with Crippen LogP contribution in [-0.4, -0.2) is 31.2 Å². The van der Waals surface area contributed by atoms with Gasteiger partial charge in [-0.15, -0.1) is 0 Å². The van der Waals surface area contributed by atoms with Gasteiger partial charge in [-0.25, -0.2) is 4.98 Å². The first-order chi connectivity index (χ1) is 9.12. The molecule has 0 saturated heterocycles. The molecule has 0 atom stereocenters. The van der Waals surface area contributed by atoms with Gasteiger partial charge < -0.3 is 9.80 Å². The van der Waals surface area contributed by atoms with Crippen molar-refractivity contribution in [3.05, 3.63) is 17.2 Å². The van der Waals surface area contributed by atoms with Crippen molar-refractivity contribution in [3.63, 3.8) is 0 Å². The van der Waals surface area contributed by atoms with Gasteiger partial charge in [0, 0.05) is 26.2 Å². The van der Waals surface area contributed by atoms with Gasteiger partial charge in [-0.1, -0.05) is 0 Å². The van der Waals surface area contributed by atoms with Gasteiger partial charge in [0.05, 0.1) is 5.56 Å². The molecular weight excluding hydrogens is 236 g/mol. The molecule has 0 radical (unpaired) electrons. The number of nitriles is 1. The molecule has 0 saturated carbocycles. The minimum atomic E-state index is 0.694. The lowest BCUT2D eigenvalue weighted by Crippen LogP contribution is -2.27. The van der Waals surface area contributed by atoms with Gasteiger partial charge in [-0.2, -0.15) is 5.26 Å². The normalized spacial score (nSPS) is 10.1. The SMILES string of the molecule is CCN(CC)c1cc(C)c(C#N)c(N(CC)CC)n1. The second-order valence-corrected chi connectivity index (χ2v) is 4.45. The van der Waals surface area contributed by atoms with Crippen LogP contribution in [0.15, 0.2) is 6.07 Å². The van der Waals surface area contributed by atoms with Crippen molar-refractivity contribution < 1.29 is 0 Å². The molecule has 1 aromatic heterocycles. The first kappa shape index (κ1) is 15.3. The molecular formula is C15H24N4. The summed E-state index contributed by atoms with van der Waals surface area (Å²) in [6.07, 6.45) is 0. The molecule has 104 valence electrons. The fourth-order valence-electron chi connectivity index (χ4n) is 2.24. The van der Waals surface area contributed by atoms with Crippen molar-refractivity contribution in [3.8, 4) is 6.07 Å². The monoisotopic (exact) mass is 260 g/mol. The summed E-state index contributed by atoms with van der Waals surface area (Å²) in [7, 11) is 0. The van der Waals surface area contributed by atoms with Crippen LogP contribution in [0.25, 0.3) is 0 Å². The zero-order valence-corrected chi connectivity index (χ0v) is 12.7. The molecule has 0 unspecified atom stereocenters. The highest BCUT2D eigenvalue weighted by atomic mass is 15.2. The molecule has 0 N–H and O–H groups in total. The molecule has 0 aromatic carbocycles. The maximum absolute atomic E-state index is 9.35. The van der Waals surface area contributed by atoms with E-state index in [1.807, 2.05) is 13.0 Å². The van der Waals surface area contributed by atoms with Gasteiger partial charge >= 0.3 is 0 Å². The van der Waals surface area contributed by atoms with E-state index in [9.17, 15) is 5.26 Å². The molecule has 1 heterocycles. The van der Waals surface area contributed by atoms with E-state index in [0.717, 1.165) is 43.4 Å². The van der Waals surface area contributed by atoms with Crippen LogP contribution in [0.1, 0.15) is 38.8 Å². The molecule has 0 bridgehead atoms. The lowest BCUT2D eigenvalue weighted by atomic mass is 10.1. The quantitative estimate of drug-likeness (QED) is 0.788. The zero-order valence-electron chi connectivity index (χ0n) is 12.7. The van der Waals surface area contributed by atoms with Gasteiger partial charge in [-0.3, -0.25) is 0 Å². The maximum atomic E-state index is 9.35. The summed E-state index contributed by atoms with van der Waals surface area (Å²) in [6.45, 7) is 14.0. The molecule has 1 aromatic rings. The lowest BCUT2D eigenvalue weighted by Gasteiger charge is -2.26. The van der Waals surface area contributed by atoms with E-state index in [-0.39, 0.29) is 0 Å². The van der Waals surface area contributed by atoms with Crippen molar-refractivity contribution in [2.24, 2.45) is 0 Å². The van der Waals surface area contributed by atoms with Crippen molar-refractivity contribution in [1.82, 2.24) is 4.98 Å². The summed E-state index contributed by atoms with van der Waals surface area (Å²) in [5.74, 6) is 1.78. The summed E-state index contributed by atoms with van der Waals surface area (Å²) in [5.41, 5.74) is 1.70. The van der Waals surface area contributed by atoms with E-state index in [4.69, 9.17) is 4.98 Å². The van der Waals surface area contributed by atoms with Gasteiger partial charge in [0.2, 0.25) is 0 Å². The van der Waals surface area contributed by atoms with Gasteiger partial charge in [0.1, 0.15) is 17.7 Å². The first-order valence-electron chi connectivity index (χ1n) is 7.04. The average Bonchev–Trinajstić information content (AvgIpc) is 2.41. The molecule has 0 fully saturated rings. The van der Waals surface area contributed by atoms with Crippen LogP contribution in [0, 0.1) is 18.3 Å². The molecule has 0 aliphatic rings. The highest BCUT2D eigenvalue weighted by molar-refractivity contribution is 5.62. The molecule has 4 heteroatoms. The van der Waals surface area contributed by atoms with E-state index in [2.05, 4.69) is 43.6 Å². The Morgan fingerprint density at radius 3 is 2.00 bits per heavy atom. The smallest absolute Gasteiger partial charge is 0.149 e. The summed E-state index contributed by atoms with van der Waals surface area (Å²) in [5, 5.41) is 9.35. The van der Waals surface area contributed by atoms with Crippen LogP contribution in [0.2, 0.25) is 0 Å². The fourth-order valence-corrected chi connectivity index (χ4v) is 2.24. The lowest BCUT2D eigenvalue weighted by molar-refractivity contribution is 0.815. The van der Waals surface area contributed by atoms with E-state index >= 15 is 0 Å². The van der Waals surface area contributed by atoms with Crippen LogP contribution < -0.4 is 9.80 Å². The van der Waals surface area contributed by atoms with Crippen LogP contribution in [0.4, 0.5) is 11.6 Å². The molecule has 0 amide bonds. The number of nitrogens with zero attached hydrogens (tertiary/aromatic N) is 4. The molecule has 0 aliphatic carbocycles. The molecule has 0 aliphatic heterocycles. The topological polar surface area (TPSA) is 43.2 Å². The Morgan fingerprint density at radius 1 is 1.05 bits per heavy atom. The second kappa shape index (κ2) is 6.98. The minimum absolute atomic E-state index is 0.694. The largest absolute Gasteiger partial charge is 0.357 e. The van der Waals surface area contributed by atoms with E-state index in [1.54, 1.807) is 0 Å². The first-order valence-corrected chi connectivity index (χ1v) is 7.04. The third-order valence-electron chi connectivity index (χ3n) is 3.45. The average molecular weight is 260 g/mol. The Kier molecular flexibility index (Phi) is 5.62. The summed E-state index contributed by atoms with van der Waals surface area (Å²) in [4.78, 5) is 9.06. The van der Waals surface area contributed by atoms with Crippen molar-refractivity contribution >= 4 is 11.6 Å².